The third kappa shape index (κ3) is 4.74. The number of carbonyl (C=O) groups is 3. The molecule has 0 spiro atoms. The number of pyridine rings is 1. The molecule has 0 aliphatic carbocycles. The van der Waals surface area contributed by atoms with Gasteiger partial charge in [-0.2, -0.15) is 0 Å². The number of benzene rings is 1. The van der Waals surface area contributed by atoms with Gasteiger partial charge in [0.15, 0.2) is 0 Å². The van der Waals surface area contributed by atoms with Crippen LogP contribution >= 0.6 is 0 Å². The summed E-state index contributed by atoms with van der Waals surface area (Å²) >= 11 is 0. The lowest BCUT2D eigenvalue weighted by Gasteiger charge is -2.48. The van der Waals surface area contributed by atoms with Crippen LogP contribution in [0.4, 0.5) is 9.59 Å². The number of amides is 3. The second kappa shape index (κ2) is 10.3. The molecule has 172 valence electrons. The number of likely N-dealkylation sites (tertiary alicyclic amines) is 1. The number of rotatable bonds is 8. The highest BCUT2D eigenvalue weighted by atomic mass is 16.6. The zero-order chi connectivity index (χ0) is 23.2. The summed E-state index contributed by atoms with van der Waals surface area (Å²) in [6.07, 6.45) is 7.91. The van der Waals surface area contributed by atoms with Crippen molar-refractivity contribution in [3.63, 3.8) is 0 Å². The average Bonchev–Trinajstić information content (AvgIpc) is 3.20. The molecule has 33 heavy (non-hydrogen) atoms. The summed E-state index contributed by atoms with van der Waals surface area (Å²) in [6, 6.07) is 11.4. The minimum atomic E-state index is -0.803. The van der Waals surface area contributed by atoms with Crippen LogP contribution < -0.4 is 0 Å². The van der Waals surface area contributed by atoms with E-state index in [9.17, 15) is 14.4 Å². The van der Waals surface area contributed by atoms with Crippen LogP contribution in [0.1, 0.15) is 43.4 Å². The van der Waals surface area contributed by atoms with E-state index in [1.807, 2.05) is 61.5 Å². The predicted octanol–water partition coefficient (Wildman–Crippen LogP) is 4.19. The number of cyclic esters (lactones) is 1. The fourth-order valence-corrected chi connectivity index (χ4v) is 4.16. The van der Waals surface area contributed by atoms with Crippen molar-refractivity contribution >= 4 is 24.2 Å². The van der Waals surface area contributed by atoms with Crippen molar-refractivity contribution in [2.24, 2.45) is 0 Å². The first-order valence-corrected chi connectivity index (χ1v) is 11.2. The van der Waals surface area contributed by atoms with Crippen LogP contribution in [0.25, 0.3) is 6.08 Å². The number of hydrogen-bond acceptors (Lipinski definition) is 6. The van der Waals surface area contributed by atoms with Gasteiger partial charge < -0.3 is 9.47 Å². The molecule has 0 bridgehead atoms. The average molecular weight is 450 g/mol. The van der Waals surface area contributed by atoms with Crippen LogP contribution in [-0.2, 0) is 14.3 Å². The molecule has 2 aliphatic rings. The van der Waals surface area contributed by atoms with Crippen molar-refractivity contribution in [1.29, 1.82) is 0 Å². The van der Waals surface area contributed by atoms with Crippen molar-refractivity contribution in [2.45, 2.75) is 44.3 Å². The zero-order valence-electron chi connectivity index (χ0n) is 18.5. The Kier molecular flexibility index (Phi) is 7.02. The molecule has 8 heteroatoms. The Morgan fingerprint density at radius 2 is 2.03 bits per heavy atom. The number of unbranched alkanes of at least 4 members (excludes halogenated alkanes) is 1. The first kappa shape index (κ1) is 22.5. The van der Waals surface area contributed by atoms with Gasteiger partial charge in [0, 0.05) is 12.4 Å². The summed E-state index contributed by atoms with van der Waals surface area (Å²) in [5.41, 5.74) is 1.78. The first-order chi connectivity index (χ1) is 16.1. The molecule has 1 aromatic carbocycles. The van der Waals surface area contributed by atoms with Gasteiger partial charge in [-0.3, -0.25) is 14.7 Å². The second-order valence-corrected chi connectivity index (χ2v) is 8.02. The summed E-state index contributed by atoms with van der Waals surface area (Å²) in [7, 11) is 0. The smallest absolute Gasteiger partial charge is 0.416 e. The minimum absolute atomic E-state index is 0.159. The number of aromatic nitrogens is 1. The zero-order valence-corrected chi connectivity index (χ0v) is 18.5. The SMILES string of the molecule is CCCCOC(=O)N1C(=O)[C@H](N2C(=O)OC[C@@H]2c2ccccc2)[C@H]1C/C=C/c1cccnc1. The number of nitrogens with zero attached hydrogens (tertiary/aromatic N) is 3. The van der Waals surface area contributed by atoms with E-state index in [1.165, 1.54) is 4.90 Å². The highest BCUT2D eigenvalue weighted by Gasteiger charge is 2.58. The van der Waals surface area contributed by atoms with Crippen molar-refractivity contribution in [1.82, 2.24) is 14.8 Å². The van der Waals surface area contributed by atoms with Gasteiger partial charge in [0.25, 0.3) is 5.91 Å². The molecular formula is C25H27N3O5. The fourth-order valence-electron chi connectivity index (χ4n) is 4.16. The molecule has 4 rings (SSSR count). The molecule has 0 unspecified atom stereocenters. The highest BCUT2D eigenvalue weighted by Crippen LogP contribution is 2.38. The maximum Gasteiger partial charge on any atom is 0.416 e. The first-order valence-electron chi connectivity index (χ1n) is 11.2. The third-order valence-electron chi connectivity index (χ3n) is 5.87. The van der Waals surface area contributed by atoms with E-state index in [4.69, 9.17) is 9.47 Å². The lowest BCUT2D eigenvalue weighted by Crippen LogP contribution is -2.72. The molecule has 0 saturated carbocycles. The van der Waals surface area contributed by atoms with Crippen LogP contribution in [0.3, 0.4) is 0 Å². The van der Waals surface area contributed by atoms with Gasteiger partial charge in [0.2, 0.25) is 0 Å². The summed E-state index contributed by atoms with van der Waals surface area (Å²) in [4.78, 5) is 45.1. The fraction of sp³-hybridized carbons (Fsp3) is 0.360. The Morgan fingerprint density at radius 3 is 2.76 bits per heavy atom. The Labute approximate surface area is 192 Å². The van der Waals surface area contributed by atoms with Crippen molar-refractivity contribution in [3.05, 3.63) is 72.1 Å². The highest BCUT2D eigenvalue weighted by molar-refractivity contribution is 6.03. The van der Waals surface area contributed by atoms with Gasteiger partial charge in [-0.25, -0.2) is 14.5 Å². The van der Waals surface area contributed by atoms with E-state index in [0.29, 0.717) is 6.42 Å². The molecule has 3 atom stereocenters. The molecule has 8 nitrogen and oxygen atoms in total. The van der Waals surface area contributed by atoms with Crippen LogP contribution in [0.15, 0.2) is 60.9 Å². The van der Waals surface area contributed by atoms with Crippen LogP contribution in [0, 0.1) is 0 Å². The third-order valence-corrected chi connectivity index (χ3v) is 5.87. The maximum absolute atomic E-state index is 13.1. The molecule has 2 fully saturated rings. The lowest BCUT2D eigenvalue weighted by molar-refractivity contribution is -0.153. The minimum Gasteiger partial charge on any atom is -0.449 e. The van der Waals surface area contributed by atoms with Gasteiger partial charge in [-0.1, -0.05) is 61.9 Å². The number of ether oxygens (including phenoxy) is 2. The summed E-state index contributed by atoms with van der Waals surface area (Å²) in [5.74, 6) is -0.448. The Balaban J connectivity index is 1.56. The van der Waals surface area contributed by atoms with E-state index in [1.54, 1.807) is 12.4 Å². The molecule has 1 aromatic heterocycles. The number of hydrogen-bond donors (Lipinski definition) is 0. The summed E-state index contributed by atoms with van der Waals surface area (Å²) in [6.45, 7) is 2.40. The summed E-state index contributed by atoms with van der Waals surface area (Å²) in [5, 5.41) is 0. The predicted molar refractivity (Wildman–Crippen MR) is 121 cm³/mol. The Morgan fingerprint density at radius 1 is 1.21 bits per heavy atom. The van der Waals surface area contributed by atoms with Gasteiger partial charge in [0.05, 0.1) is 18.7 Å². The van der Waals surface area contributed by atoms with Gasteiger partial charge in [-0.05, 0) is 30.0 Å². The Hall–Kier alpha value is -3.68. The maximum atomic E-state index is 13.1. The quantitative estimate of drug-likeness (QED) is 0.443. The largest absolute Gasteiger partial charge is 0.449 e. The molecule has 2 aromatic rings. The van der Waals surface area contributed by atoms with E-state index < -0.39 is 36.2 Å². The molecule has 0 radical (unpaired) electrons. The summed E-state index contributed by atoms with van der Waals surface area (Å²) < 4.78 is 10.6. The van der Waals surface area contributed by atoms with Crippen molar-refractivity contribution < 1.29 is 23.9 Å². The van der Waals surface area contributed by atoms with E-state index >= 15 is 0 Å². The van der Waals surface area contributed by atoms with E-state index in [2.05, 4.69) is 4.98 Å². The standard InChI is InChI=1S/C25H27N3O5/c1-2-3-15-32-25(31)28-20(13-7-9-18-10-8-14-26-16-18)22(23(28)29)27-21(17-33-24(27)30)19-11-5-4-6-12-19/h4-12,14,16,20-22H,2-3,13,15,17H2,1H3/b9-7+/t20-,21-,22-/m1/s1. The van der Waals surface area contributed by atoms with Gasteiger partial charge in [-0.15, -0.1) is 0 Å². The number of β-lactam (4-membered cyclic amide) rings is 1. The number of carbonyl (C=O) groups excluding carboxylic acids is 3. The monoisotopic (exact) mass is 449 g/mol. The lowest BCUT2D eigenvalue weighted by atomic mass is 9.89. The van der Waals surface area contributed by atoms with Crippen LogP contribution in [0.5, 0.6) is 0 Å². The van der Waals surface area contributed by atoms with E-state index in [0.717, 1.165) is 28.9 Å². The Bertz CT molecular complexity index is 1010. The number of imide groups is 1. The molecule has 0 N–H and O–H groups in total. The molecular weight excluding hydrogens is 422 g/mol. The normalized spacial score (nSPS) is 22.4. The molecule has 3 amide bonds. The van der Waals surface area contributed by atoms with Crippen LogP contribution in [-0.4, -0.2) is 58.2 Å². The van der Waals surface area contributed by atoms with E-state index in [-0.39, 0.29) is 13.2 Å². The van der Waals surface area contributed by atoms with Gasteiger partial charge in [0.1, 0.15) is 12.6 Å². The second-order valence-electron chi connectivity index (χ2n) is 8.02. The van der Waals surface area contributed by atoms with Crippen molar-refractivity contribution in [2.75, 3.05) is 13.2 Å². The molecule has 2 saturated heterocycles. The van der Waals surface area contributed by atoms with Crippen molar-refractivity contribution in [3.8, 4) is 0 Å². The van der Waals surface area contributed by atoms with Crippen LogP contribution in [0.2, 0.25) is 0 Å². The molecule has 2 aliphatic heterocycles. The van der Waals surface area contributed by atoms with Gasteiger partial charge >= 0.3 is 12.2 Å². The molecule has 3 heterocycles. The topological polar surface area (TPSA) is 89.0 Å².